The summed E-state index contributed by atoms with van der Waals surface area (Å²) in [4.78, 5) is 14.5. The molecule has 0 saturated heterocycles. The molecule has 0 spiro atoms. The van der Waals surface area contributed by atoms with Gasteiger partial charge in [-0.15, -0.1) is 11.3 Å². The molecule has 5 heteroatoms. The van der Waals surface area contributed by atoms with Gasteiger partial charge in [0, 0.05) is 16.6 Å². The minimum atomic E-state index is -0.0442. The zero-order valence-corrected chi connectivity index (χ0v) is 12.5. The zero-order valence-electron chi connectivity index (χ0n) is 11.7. The van der Waals surface area contributed by atoms with E-state index < -0.39 is 0 Å². The second kappa shape index (κ2) is 5.79. The first-order valence-corrected chi connectivity index (χ1v) is 8.05. The summed E-state index contributed by atoms with van der Waals surface area (Å²) < 4.78 is 0. The van der Waals surface area contributed by atoms with E-state index in [-0.39, 0.29) is 5.91 Å². The summed E-state index contributed by atoms with van der Waals surface area (Å²) in [5.74, 6) is 0.563. The Morgan fingerprint density at radius 3 is 3.00 bits per heavy atom. The summed E-state index contributed by atoms with van der Waals surface area (Å²) in [5.41, 5.74) is 2.40. The number of rotatable bonds is 3. The molecule has 2 aromatic rings. The smallest absolute Gasteiger partial charge is 0.266 e. The second-order valence-corrected chi connectivity index (χ2v) is 6.34. The van der Waals surface area contributed by atoms with Crippen LogP contribution in [0.15, 0.2) is 12.1 Å². The molecule has 20 heavy (non-hydrogen) atoms. The molecule has 2 heterocycles. The van der Waals surface area contributed by atoms with Crippen LogP contribution in [-0.2, 0) is 19.3 Å². The van der Waals surface area contributed by atoms with Gasteiger partial charge in [-0.25, -0.2) is 0 Å². The molecule has 0 aliphatic heterocycles. The van der Waals surface area contributed by atoms with Crippen molar-refractivity contribution in [2.45, 2.75) is 45.4 Å². The Bertz CT molecular complexity index is 591. The minimum Gasteiger partial charge on any atom is -0.304 e. The number of hydrogen-bond donors (Lipinski definition) is 2. The number of nitrogens with one attached hydrogen (secondary N) is 2. The fraction of sp³-hybridized carbons (Fsp3) is 0.467. The summed E-state index contributed by atoms with van der Waals surface area (Å²) >= 11 is 1.64. The first kappa shape index (κ1) is 13.4. The first-order chi connectivity index (χ1) is 9.76. The molecule has 2 N–H and O–H groups in total. The van der Waals surface area contributed by atoms with Crippen molar-refractivity contribution in [1.82, 2.24) is 10.2 Å². The van der Waals surface area contributed by atoms with Crippen LogP contribution >= 0.6 is 11.3 Å². The van der Waals surface area contributed by atoms with Gasteiger partial charge in [-0.3, -0.25) is 9.89 Å². The van der Waals surface area contributed by atoms with E-state index in [0.29, 0.717) is 5.82 Å². The van der Waals surface area contributed by atoms with Crippen LogP contribution < -0.4 is 5.32 Å². The SMILES string of the molecule is CCc1cc(NC(=O)c2cc3c(s2)CCCCC3)n[nH]1. The number of nitrogens with zero attached hydrogens (tertiary/aromatic N) is 1. The maximum Gasteiger partial charge on any atom is 0.266 e. The van der Waals surface area contributed by atoms with Gasteiger partial charge in [-0.05, 0) is 43.7 Å². The molecule has 4 nitrogen and oxygen atoms in total. The zero-order chi connectivity index (χ0) is 13.9. The van der Waals surface area contributed by atoms with Crippen LogP contribution in [0.3, 0.4) is 0 Å². The first-order valence-electron chi connectivity index (χ1n) is 7.23. The third-order valence-corrected chi connectivity index (χ3v) is 4.96. The number of H-pyrrole nitrogens is 1. The maximum atomic E-state index is 12.3. The average molecular weight is 289 g/mol. The number of hydrogen-bond acceptors (Lipinski definition) is 3. The Hall–Kier alpha value is -1.62. The topological polar surface area (TPSA) is 57.8 Å². The van der Waals surface area contributed by atoms with Gasteiger partial charge >= 0.3 is 0 Å². The normalized spacial score (nSPS) is 14.7. The number of aryl methyl sites for hydroxylation is 3. The van der Waals surface area contributed by atoms with Crippen molar-refractivity contribution >= 4 is 23.1 Å². The van der Waals surface area contributed by atoms with E-state index in [4.69, 9.17) is 0 Å². The fourth-order valence-electron chi connectivity index (χ4n) is 2.56. The van der Waals surface area contributed by atoms with Crippen LogP contribution in [0.2, 0.25) is 0 Å². The van der Waals surface area contributed by atoms with E-state index in [9.17, 15) is 4.79 Å². The molecule has 0 aromatic carbocycles. The molecule has 0 bridgehead atoms. The highest BCUT2D eigenvalue weighted by atomic mass is 32.1. The molecular weight excluding hydrogens is 270 g/mol. The van der Waals surface area contributed by atoms with Gasteiger partial charge in [0.15, 0.2) is 5.82 Å². The predicted molar refractivity (Wildman–Crippen MR) is 81.5 cm³/mol. The molecule has 106 valence electrons. The highest BCUT2D eigenvalue weighted by Gasteiger charge is 2.17. The van der Waals surface area contributed by atoms with Gasteiger partial charge in [0.1, 0.15) is 0 Å². The van der Waals surface area contributed by atoms with Crippen molar-refractivity contribution in [3.63, 3.8) is 0 Å². The summed E-state index contributed by atoms with van der Waals surface area (Å²) in [5, 5.41) is 9.87. The molecule has 1 amide bonds. The number of anilines is 1. The van der Waals surface area contributed by atoms with Crippen LogP contribution in [0.25, 0.3) is 0 Å². The lowest BCUT2D eigenvalue weighted by molar-refractivity contribution is 0.103. The van der Waals surface area contributed by atoms with E-state index in [1.807, 2.05) is 6.07 Å². The summed E-state index contributed by atoms with van der Waals surface area (Å²) in [6.07, 6.45) is 6.90. The minimum absolute atomic E-state index is 0.0442. The molecule has 0 radical (unpaired) electrons. The average Bonchev–Trinajstić information content (AvgIpc) is 3.01. The summed E-state index contributed by atoms with van der Waals surface area (Å²) in [6, 6.07) is 3.95. The van der Waals surface area contributed by atoms with Gasteiger partial charge in [-0.2, -0.15) is 5.10 Å². The highest BCUT2D eigenvalue weighted by molar-refractivity contribution is 7.14. The molecule has 0 atom stereocenters. The number of fused-ring (bicyclic) bond motifs is 1. The third kappa shape index (κ3) is 2.77. The van der Waals surface area contributed by atoms with E-state index in [1.165, 1.54) is 29.7 Å². The highest BCUT2D eigenvalue weighted by Crippen LogP contribution is 2.29. The molecule has 0 saturated carbocycles. The largest absolute Gasteiger partial charge is 0.304 e. The lowest BCUT2D eigenvalue weighted by Crippen LogP contribution is -2.10. The van der Waals surface area contributed by atoms with Crippen molar-refractivity contribution in [2.24, 2.45) is 0 Å². The van der Waals surface area contributed by atoms with E-state index in [1.54, 1.807) is 11.3 Å². The Morgan fingerprint density at radius 1 is 1.35 bits per heavy atom. The quantitative estimate of drug-likeness (QED) is 0.849. The summed E-state index contributed by atoms with van der Waals surface area (Å²) in [7, 11) is 0. The summed E-state index contributed by atoms with van der Waals surface area (Å²) in [6.45, 7) is 2.05. The number of aromatic nitrogens is 2. The third-order valence-electron chi connectivity index (χ3n) is 3.72. The van der Waals surface area contributed by atoms with Gasteiger partial charge in [0.25, 0.3) is 5.91 Å². The Morgan fingerprint density at radius 2 is 2.20 bits per heavy atom. The number of carbonyl (C=O) groups is 1. The Labute approximate surface area is 122 Å². The van der Waals surface area contributed by atoms with Crippen molar-refractivity contribution in [3.8, 4) is 0 Å². The van der Waals surface area contributed by atoms with Crippen LogP contribution in [-0.4, -0.2) is 16.1 Å². The van der Waals surface area contributed by atoms with Crippen LogP contribution in [0.4, 0.5) is 5.82 Å². The number of thiophene rings is 1. The lowest BCUT2D eigenvalue weighted by Gasteiger charge is -1.98. The number of amides is 1. The molecule has 2 aromatic heterocycles. The van der Waals surface area contributed by atoms with Crippen molar-refractivity contribution in [1.29, 1.82) is 0 Å². The monoisotopic (exact) mass is 289 g/mol. The fourth-order valence-corrected chi connectivity index (χ4v) is 3.71. The number of carbonyl (C=O) groups excluding carboxylic acids is 1. The molecule has 0 unspecified atom stereocenters. The van der Waals surface area contributed by atoms with Crippen molar-refractivity contribution in [2.75, 3.05) is 5.32 Å². The predicted octanol–water partition coefficient (Wildman–Crippen LogP) is 3.55. The molecule has 0 fully saturated rings. The molecule has 3 rings (SSSR count). The van der Waals surface area contributed by atoms with Gasteiger partial charge in [0.05, 0.1) is 4.88 Å². The van der Waals surface area contributed by atoms with Gasteiger partial charge < -0.3 is 5.32 Å². The van der Waals surface area contributed by atoms with Crippen LogP contribution in [0.1, 0.15) is 52.0 Å². The Balaban J connectivity index is 1.74. The molecule has 1 aliphatic rings. The van der Waals surface area contributed by atoms with Crippen LogP contribution in [0, 0.1) is 0 Å². The van der Waals surface area contributed by atoms with E-state index in [0.717, 1.165) is 29.8 Å². The van der Waals surface area contributed by atoms with Gasteiger partial charge in [0.2, 0.25) is 0 Å². The van der Waals surface area contributed by atoms with Crippen molar-refractivity contribution < 1.29 is 4.79 Å². The van der Waals surface area contributed by atoms with Crippen LogP contribution in [0.5, 0.6) is 0 Å². The molecule has 1 aliphatic carbocycles. The second-order valence-electron chi connectivity index (χ2n) is 5.21. The number of aromatic amines is 1. The Kier molecular flexibility index (Phi) is 3.87. The van der Waals surface area contributed by atoms with E-state index in [2.05, 4.69) is 28.5 Å². The molecular formula is C15H19N3OS. The van der Waals surface area contributed by atoms with E-state index >= 15 is 0 Å². The maximum absolute atomic E-state index is 12.3. The van der Waals surface area contributed by atoms with Gasteiger partial charge in [-0.1, -0.05) is 13.3 Å². The standard InChI is InChI=1S/C15H19N3OS/c1-2-11-9-14(18-17-11)16-15(19)13-8-10-6-4-3-5-7-12(10)20-13/h8-9H,2-7H2,1H3,(H2,16,17,18,19). The van der Waals surface area contributed by atoms with Crippen molar-refractivity contribution in [3.05, 3.63) is 33.1 Å². The lowest BCUT2D eigenvalue weighted by atomic mass is 10.1.